The number of hydrogen-bond donors (Lipinski definition) is 2. The molecule has 0 aliphatic carbocycles. The third kappa shape index (κ3) is 4.72. The van der Waals surface area contributed by atoms with Crippen LogP contribution in [-0.4, -0.2) is 16.4 Å². The van der Waals surface area contributed by atoms with Crippen LogP contribution in [0.1, 0.15) is 26.4 Å². The summed E-state index contributed by atoms with van der Waals surface area (Å²) >= 11 is 0. The standard InChI is InChI=1S/C29H21F2N3O2/c30-24-12-6-4-8-19(24)18-34-26-15-14-22(33-28(35)23-11-5-7-13-25(23)31)16-20(26)17-27(34)29(36)32-21-9-2-1-3-10-21/h1-17H,18H2,(H,32,36)(H,33,35). The minimum atomic E-state index is -0.619. The highest BCUT2D eigenvalue weighted by Crippen LogP contribution is 2.26. The lowest BCUT2D eigenvalue weighted by molar-refractivity contribution is 0.101. The van der Waals surface area contributed by atoms with Gasteiger partial charge in [0, 0.05) is 27.8 Å². The number of nitrogens with one attached hydrogen (secondary N) is 2. The molecule has 0 aliphatic heterocycles. The van der Waals surface area contributed by atoms with E-state index in [-0.39, 0.29) is 23.8 Å². The molecule has 0 saturated carbocycles. The van der Waals surface area contributed by atoms with Crippen LogP contribution in [0.2, 0.25) is 0 Å². The van der Waals surface area contributed by atoms with Crippen LogP contribution in [0.25, 0.3) is 10.9 Å². The van der Waals surface area contributed by atoms with Gasteiger partial charge in [-0.05, 0) is 54.6 Å². The fourth-order valence-corrected chi connectivity index (χ4v) is 4.06. The molecule has 1 aromatic heterocycles. The first kappa shape index (κ1) is 23.0. The molecule has 0 atom stereocenters. The molecule has 4 aromatic carbocycles. The molecule has 0 spiro atoms. The zero-order chi connectivity index (χ0) is 25.1. The molecular weight excluding hydrogens is 460 g/mol. The number of aromatic nitrogens is 1. The quantitative estimate of drug-likeness (QED) is 0.292. The van der Waals surface area contributed by atoms with Crippen LogP contribution in [0.15, 0.2) is 103 Å². The normalized spacial score (nSPS) is 10.8. The van der Waals surface area contributed by atoms with Crippen molar-refractivity contribution in [3.8, 4) is 0 Å². The predicted octanol–water partition coefficient (Wildman–Crippen LogP) is 6.47. The van der Waals surface area contributed by atoms with Gasteiger partial charge in [-0.3, -0.25) is 9.59 Å². The van der Waals surface area contributed by atoms with Gasteiger partial charge < -0.3 is 15.2 Å². The van der Waals surface area contributed by atoms with Gasteiger partial charge in [0.05, 0.1) is 12.1 Å². The lowest BCUT2D eigenvalue weighted by Gasteiger charge is -2.12. The molecule has 5 nitrogen and oxygen atoms in total. The minimum Gasteiger partial charge on any atom is -0.332 e. The van der Waals surface area contributed by atoms with E-state index in [2.05, 4.69) is 10.6 Å². The van der Waals surface area contributed by atoms with Crippen LogP contribution in [0.3, 0.4) is 0 Å². The Morgan fingerprint density at radius 1 is 0.667 bits per heavy atom. The minimum absolute atomic E-state index is 0.0716. The van der Waals surface area contributed by atoms with Crippen molar-refractivity contribution in [3.05, 3.63) is 132 Å². The van der Waals surface area contributed by atoms with Gasteiger partial charge in [0.15, 0.2) is 0 Å². The van der Waals surface area contributed by atoms with Crippen LogP contribution < -0.4 is 10.6 Å². The van der Waals surface area contributed by atoms with E-state index in [1.165, 1.54) is 24.3 Å². The van der Waals surface area contributed by atoms with E-state index in [1.807, 2.05) is 18.2 Å². The first-order valence-electron chi connectivity index (χ1n) is 11.3. The highest BCUT2D eigenvalue weighted by molar-refractivity contribution is 6.08. The number of anilines is 2. The number of carbonyl (C=O) groups excluding carboxylic acids is 2. The van der Waals surface area contributed by atoms with Crippen molar-refractivity contribution in [1.29, 1.82) is 0 Å². The van der Waals surface area contributed by atoms with Crippen LogP contribution in [0.4, 0.5) is 20.2 Å². The first-order chi connectivity index (χ1) is 17.5. The summed E-state index contributed by atoms with van der Waals surface area (Å²) in [6.45, 7) is 0.134. The van der Waals surface area contributed by atoms with Crippen molar-refractivity contribution < 1.29 is 18.4 Å². The van der Waals surface area contributed by atoms with Crippen LogP contribution in [-0.2, 0) is 6.54 Å². The number of carbonyl (C=O) groups is 2. The summed E-state index contributed by atoms with van der Waals surface area (Å²) in [5, 5.41) is 6.23. The summed E-state index contributed by atoms with van der Waals surface area (Å²) in [4.78, 5) is 25.8. The molecule has 5 aromatic rings. The lowest BCUT2D eigenvalue weighted by atomic mass is 10.1. The summed E-state index contributed by atoms with van der Waals surface area (Å²) in [5.41, 5.74) is 2.44. The van der Waals surface area contributed by atoms with Gasteiger partial charge in [0.1, 0.15) is 17.3 Å². The zero-order valence-corrected chi connectivity index (χ0v) is 19.0. The first-order valence-corrected chi connectivity index (χ1v) is 11.3. The Morgan fingerprint density at radius 2 is 1.33 bits per heavy atom. The van der Waals surface area contributed by atoms with Crippen LogP contribution >= 0.6 is 0 Å². The number of rotatable bonds is 6. The summed E-state index contributed by atoms with van der Waals surface area (Å²) in [6, 6.07) is 27.9. The second kappa shape index (κ2) is 9.84. The van der Waals surface area contributed by atoms with Crippen molar-refractivity contribution in [2.45, 2.75) is 6.54 Å². The van der Waals surface area contributed by atoms with Crippen molar-refractivity contribution in [3.63, 3.8) is 0 Å². The van der Waals surface area contributed by atoms with Gasteiger partial charge in [0.2, 0.25) is 0 Å². The van der Waals surface area contributed by atoms with Crippen molar-refractivity contribution in [2.24, 2.45) is 0 Å². The molecule has 36 heavy (non-hydrogen) atoms. The van der Waals surface area contributed by atoms with E-state index >= 15 is 0 Å². The fourth-order valence-electron chi connectivity index (χ4n) is 4.06. The van der Waals surface area contributed by atoms with Crippen molar-refractivity contribution >= 4 is 34.1 Å². The molecule has 0 unspecified atom stereocenters. The lowest BCUT2D eigenvalue weighted by Crippen LogP contribution is -2.17. The number of benzene rings is 4. The molecule has 2 N–H and O–H groups in total. The average molecular weight is 482 g/mol. The largest absolute Gasteiger partial charge is 0.332 e. The van der Waals surface area contributed by atoms with Gasteiger partial charge in [-0.2, -0.15) is 0 Å². The molecule has 0 fully saturated rings. The molecule has 0 bridgehead atoms. The average Bonchev–Trinajstić information content (AvgIpc) is 3.24. The Balaban J connectivity index is 1.52. The fraction of sp³-hybridized carbons (Fsp3) is 0.0345. The van der Waals surface area contributed by atoms with Crippen molar-refractivity contribution in [2.75, 3.05) is 10.6 Å². The summed E-state index contributed by atoms with van der Waals surface area (Å²) < 4.78 is 30.2. The number of amides is 2. The highest BCUT2D eigenvalue weighted by Gasteiger charge is 2.18. The van der Waals surface area contributed by atoms with Gasteiger partial charge in [-0.1, -0.05) is 48.5 Å². The van der Waals surface area contributed by atoms with E-state index in [4.69, 9.17) is 0 Å². The highest BCUT2D eigenvalue weighted by atomic mass is 19.1. The van der Waals surface area contributed by atoms with Crippen LogP contribution in [0, 0.1) is 11.6 Å². The molecule has 7 heteroatoms. The summed E-state index contributed by atoms with van der Waals surface area (Å²) in [6.07, 6.45) is 0. The Labute approximate surface area is 206 Å². The maximum Gasteiger partial charge on any atom is 0.272 e. The SMILES string of the molecule is O=C(Nc1ccc2c(c1)cc(C(=O)Nc1ccccc1)n2Cc1ccccc1F)c1ccccc1F. The summed E-state index contributed by atoms with van der Waals surface area (Å²) in [7, 11) is 0. The Bertz CT molecular complexity index is 1580. The van der Waals surface area contributed by atoms with Gasteiger partial charge >= 0.3 is 0 Å². The van der Waals surface area contributed by atoms with Crippen LogP contribution in [0.5, 0.6) is 0 Å². The molecular formula is C29H21F2N3O2. The van der Waals surface area contributed by atoms with E-state index < -0.39 is 11.7 Å². The van der Waals surface area contributed by atoms with E-state index in [0.29, 0.717) is 33.5 Å². The van der Waals surface area contributed by atoms with Crippen molar-refractivity contribution in [1.82, 2.24) is 4.57 Å². The van der Waals surface area contributed by atoms with Gasteiger partial charge in [-0.25, -0.2) is 8.78 Å². The molecule has 5 rings (SSSR count). The second-order valence-corrected chi connectivity index (χ2v) is 8.23. The number of nitrogens with zero attached hydrogens (tertiary/aromatic N) is 1. The predicted molar refractivity (Wildman–Crippen MR) is 136 cm³/mol. The molecule has 0 saturated heterocycles. The van der Waals surface area contributed by atoms with Gasteiger partial charge in [0.25, 0.3) is 11.8 Å². The number of halogens is 2. The van der Waals surface area contributed by atoms with E-state index in [9.17, 15) is 18.4 Å². The summed E-state index contributed by atoms with van der Waals surface area (Å²) in [5.74, 6) is -1.93. The molecule has 0 radical (unpaired) electrons. The second-order valence-electron chi connectivity index (χ2n) is 8.23. The van der Waals surface area contributed by atoms with E-state index in [1.54, 1.807) is 65.2 Å². The Morgan fingerprint density at radius 3 is 2.08 bits per heavy atom. The van der Waals surface area contributed by atoms with Gasteiger partial charge in [-0.15, -0.1) is 0 Å². The monoisotopic (exact) mass is 481 g/mol. The maximum absolute atomic E-state index is 14.5. The maximum atomic E-state index is 14.5. The third-order valence-electron chi connectivity index (χ3n) is 5.83. The number of para-hydroxylation sites is 1. The smallest absolute Gasteiger partial charge is 0.272 e. The zero-order valence-electron chi connectivity index (χ0n) is 19.0. The van der Waals surface area contributed by atoms with E-state index in [0.717, 1.165) is 0 Å². The molecule has 0 aliphatic rings. The number of fused-ring (bicyclic) bond motifs is 1. The molecule has 2 amide bonds. The third-order valence-corrected chi connectivity index (χ3v) is 5.83. The number of hydrogen-bond acceptors (Lipinski definition) is 2. The topological polar surface area (TPSA) is 63.1 Å². The molecule has 178 valence electrons. The molecule has 1 heterocycles. The Kier molecular flexibility index (Phi) is 6.28. The Hall–Kier alpha value is -4.78.